The quantitative estimate of drug-likeness (QED) is 0.0404. The summed E-state index contributed by atoms with van der Waals surface area (Å²) in [5.41, 5.74) is 0. The van der Waals surface area contributed by atoms with E-state index in [1.807, 2.05) is 0 Å². The average molecular weight is 1460 g/mol. The van der Waals surface area contributed by atoms with E-state index in [0.29, 0.717) is 0 Å². The van der Waals surface area contributed by atoms with Gasteiger partial charge in [0.05, 0.1) is 52.4 Å². The van der Waals surface area contributed by atoms with Crippen LogP contribution in [0.1, 0.15) is 34.6 Å². The van der Waals surface area contributed by atoms with E-state index in [0.717, 1.165) is 27.7 Å². The molecule has 100 heavy (non-hydrogen) atoms. The number of aliphatic hydroxyl groups excluding tert-OH is 21. The second-order valence-electron chi connectivity index (χ2n) is 25.3. The lowest BCUT2D eigenvalue weighted by Gasteiger charge is -2.51. The number of nitrogens with one attached hydrogen (secondary N) is 4. The molecule has 0 bridgehead atoms. The fourth-order valence-corrected chi connectivity index (χ4v) is 12.9. The zero-order valence-corrected chi connectivity index (χ0v) is 54.2. The molecule has 0 spiro atoms. The van der Waals surface area contributed by atoms with Crippen molar-refractivity contribution in [3.8, 4) is 0 Å². The molecule has 0 aliphatic carbocycles. The van der Waals surface area contributed by atoms with Crippen molar-refractivity contribution in [2.75, 3.05) is 46.2 Å². The molecule has 578 valence electrons. The minimum Gasteiger partial charge on any atom is -0.394 e. The summed E-state index contributed by atoms with van der Waals surface area (Å²) in [5.74, 6) is -3.47. The van der Waals surface area contributed by atoms with Gasteiger partial charge in [0, 0.05) is 27.7 Å². The molecule has 44 heteroatoms. The lowest BCUT2D eigenvalue weighted by Crippen LogP contribution is -2.71. The maximum Gasteiger partial charge on any atom is 0.217 e. The van der Waals surface area contributed by atoms with Crippen LogP contribution in [0.15, 0.2) is 0 Å². The molecule has 40 atom stereocenters. The van der Waals surface area contributed by atoms with Crippen molar-refractivity contribution >= 4 is 23.6 Å². The first-order valence-corrected chi connectivity index (χ1v) is 32.0. The molecule has 8 saturated heterocycles. The third kappa shape index (κ3) is 18.1. The molecule has 8 fully saturated rings. The van der Waals surface area contributed by atoms with Gasteiger partial charge in [0.2, 0.25) is 23.6 Å². The van der Waals surface area contributed by atoms with Gasteiger partial charge in [-0.2, -0.15) is 0 Å². The highest BCUT2D eigenvalue weighted by molar-refractivity contribution is 5.74. The summed E-state index contributed by atoms with van der Waals surface area (Å²) in [4.78, 5) is 51.1. The Kier molecular flexibility index (Phi) is 29.3. The second-order valence-corrected chi connectivity index (χ2v) is 25.3. The smallest absolute Gasteiger partial charge is 0.217 e. The van der Waals surface area contributed by atoms with Crippen LogP contribution in [0.3, 0.4) is 0 Å². The Balaban J connectivity index is 0.995. The topological polar surface area (TPSA) is 680 Å². The number of carbonyl (C=O) groups excluding carboxylic acids is 4. The standard InChI is InChI=1S/C56H94N4O40/c1-13-29(71)37(79)40(82)53(87-13)100-48-39(81)31(73)19(7-62)92-56(48)98-46-28(60-17(5)70)52(89-20(8-63)32(46)74)99-47-33(75)21(9-64)91-55(42(47)84)96-43-22(10-65)93-50(25(35(43)77)57-14(2)67)86-12-24-34(76)45(27(49(85)88-24)59-16(4)69)97-51-26(58-15(3)68)36(78)44(23(11-66)94-51)95-54-41(83)38(80)30(72)18(6-61)90-54/h13,18-56,61-66,71-85H,6-12H2,1-5H3,(H,57,67)(H,58,68)(H,59,69)(H,60,70)/t13-,18+,19+,20+,21+,22+,23+,24+,25+,26+,27+,28+,29+,30-,31-,32+,33-,34-,35+,36+,37+,38-,39-,40-,41+,42+,43+,44+,45+,46+,47-,48+,49-,50+,51-,52-,53-,54-,55-,56-/m0/s1. The maximum absolute atomic E-state index is 13.0. The molecule has 8 rings (SSSR count). The summed E-state index contributed by atoms with van der Waals surface area (Å²) in [7, 11) is 0. The molecule has 8 heterocycles. The predicted octanol–water partition coefficient (Wildman–Crippen LogP) is -16.8. The van der Waals surface area contributed by atoms with Crippen molar-refractivity contribution < 1.29 is 197 Å². The molecule has 0 saturated carbocycles. The first-order chi connectivity index (χ1) is 47.2. The largest absolute Gasteiger partial charge is 0.394 e. The number of rotatable bonds is 25. The number of ether oxygens (including phenoxy) is 15. The van der Waals surface area contributed by atoms with Crippen LogP contribution in [0.25, 0.3) is 0 Å². The highest BCUT2D eigenvalue weighted by Gasteiger charge is 2.60. The van der Waals surface area contributed by atoms with E-state index in [1.165, 1.54) is 6.92 Å². The van der Waals surface area contributed by atoms with Gasteiger partial charge in [-0.15, -0.1) is 0 Å². The first-order valence-electron chi connectivity index (χ1n) is 32.0. The van der Waals surface area contributed by atoms with E-state index < -0.39 is 315 Å². The van der Waals surface area contributed by atoms with Gasteiger partial charge in [0.25, 0.3) is 0 Å². The molecule has 4 amide bonds. The summed E-state index contributed by atoms with van der Waals surface area (Å²) < 4.78 is 87.8. The minimum absolute atomic E-state index is 0.836. The Morgan fingerprint density at radius 3 is 1.12 bits per heavy atom. The SMILES string of the molecule is CC(=O)N[C@@H]1[C@@H](O[C@@H]2O[C@H](CO)[C@@H](O[C@@H]3O[C@H](CO)[C@H](O)[C@H](O)[C@H]3O)[C@H](O)[C@H]2NC(C)=O)[C@@H](O)[C@@H](CO[C@@H]2O[C@H](CO)[C@@H](O[C@@H]3O[C@H](CO)[C@H](O)[C@H](O[C@@H]4O[C@H](CO)[C@@H](O)[C@H](O[C@@H]5O[C@H](CO)[C@H](O)[C@H](O)[C@H]5O[C@@H]5O[C@@H](C)[C@@H](O)[C@@H](O)[C@@H]5O)[C@H]4NC(C)=O)[C@H]3O)[C@H](O)[C@H]2NC(C)=O)O[C@@H]1O. The van der Waals surface area contributed by atoms with Gasteiger partial charge in [-0.05, 0) is 6.92 Å². The van der Waals surface area contributed by atoms with Crippen molar-refractivity contribution in [3.63, 3.8) is 0 Å². The number of amides is 4. The monoisotopic (exact) mass is 1460 g/mol. The lowest BCUT2D eigenvalue weighted by atomic mass is 9.93. The van der Waals surface area contributed by atoms with Gasteiger partial charge in [0.1, 0.15) is 189 Å². The molecule has 0 unspecified atom stereocenters. The van der Waals surface area contributed by atoms with Crippen LogP contribution in [-0.4, -0.2) is 423 Å². The first kappa shape index (κ1) is 82.1. The normalized spacial score (nSPS) is 48.7. The van der Waals surface area contributed by atoms with Crippen molar-refractivity contribution in [1.29, 1.82) is 0 Å². The Morgan fingerprint density at radius 1 is 0.280 bits per heavy atom. The van der Waals surface area contributed by atoms with E-state index in [1.54, 1.807) is 0 Å². The Morgan fingerprint density at radius 2 is 0.610 bits per heavy atom. The fourth-order valence-electron chi connectivity index (χ4n) is 12.9. The minimum atomic E-state index is -2.32. The van der Waals surface area contributed by atoms with E-state index in [9.17, 15) is 126 Å². The van der Waals surface area contributed by atoms with Crippen molar-refractivity contribution in [3.05, 3.63) is 0 Å². The summed E-state index contributed by atoms with van der Waals surface area (Å²) in [5, 5.41) is 240. The molecule has 8 aliphatic heterocycles. The zero-order valence-electron chi connectivity index (χ0n) is 54.2. The number of hydrogen-bond donors (Lipinski definition) is 25. The second kappa shape index (κ2) is 35.7. The molecule has 0 aromatic carbocycles. The van der Waals surface area contributed by atoms with Crippen LogP contribution in [0.5, 0.6) is 0 Å². The highest BCUT2D eigenvalue weighted by Crippen LogP contribution is 2.39. The van der Waals surface area contributed by atoms with Gasteiger partial charge >= 0.3 is 0 Å². The van der Waals surface area contributed by atoms with E-state index in [4.69, 9.17) is 71.1 Å². The van der Waals surface area contributed by atoms with E-state index in [-0.39, 0.29) is 0 Å². The van der Waals surface area contributed by atoms with Crippen LogP contribution >= 0.6 is 0 Å². The van der Waals surface area contributed by atoms with E-state index in [2.05, 4.69) is 21.3 Å². The number of aliphatic hydroxyl groups is 21. The number of hydrogen-bond acceptors (Lipinski definition) is 40. The third-order valence-corrected chi connectivity index (χ3v) is 18.2. The van der Waals surface area contributed by atoms with Gasteiger partial charge in [-0.25, -0.2) is 0 Å². The highest BCUT2D eigenvalue weighted by atomic mass is 16.8. The summed E-state index contributed by atoms with van der Waals surface area (Å²) in [6, 6.07) is -7.16. The van der Waals surface area contributed by atoms with Crippen molar-refractivity contribution in [2.24, 2.45) is 0 Å². The predicted molar refractivity (Wildman–Crippen MR) is 309 cm³/mol. The molecule has 0 radical (unpaired) electrons. The molecule has 44 nitrogen and oxygen atoms in total. The van der Waals surface area contributed by atoms with E-state index >= 15 is 0 Å². The third-order valence-electron chi connectivity index (χ3n) is 18.2. The van der Waals surface area contributed by atoms with Gasteiger partial charge in [-0.1, -0.05) is 0 Å². The summed E-state index contributed by atoms with van der Waals surface area (Å²) in [6.07, 6.45) is -69.2. The molecular weight excluding hydrogens is 1370 g/mol. The van der Waals surface area contributed by atoms with Crippen LogP contribution in [-0.2, 0) is 90.2 Å². The van der Waals surface area contributed by atoms with Crippen LogP contribution in [0, 0.1) is 0 Å². The molecule has 8 aliphatic rings. The van der Waals surface area contributed by atoms with Crippen LogP contribution in [0.4, 0.5) is 0 Å². The summed E-state index contributed by atoms with van der Waals surface area (Å²) >= 11 is 0. The van der Waals surface area contributed by atoms with Crippen molar-refractivity contribution in [2.45, 2.75) is 280 Å². The maximum atomic E-state index is 13.0. The summed E-state index contributed by atoms with van der Waals surface area (Å²) in [6.45, 7) is -1.82. The Bertz CT molecular complexity index is 2620. The molecule has 25 N–H and O–H groups in total. The molecule has 0 aromatic heterocycles. The van der Waals surface area contributed by atoms with Crippen molar-refractivity contribution in [1.82, 2.24) is 21.3 Å². The Hall–Kier alpha value is -3.56. The van der Waals surface area contributed by atoms with Crippen LogP contribution in [0.2, 0.25) is 0 Å². The molecular formula is C56H94N4O40. The molecule has 0 aromatic rings. The van der Waals surface area contributed by atoms with Gasteiger partial charge in [0.15, 0.2) is 50.3 Å². The Labute approximate surface area is 567 Å². The van der Waals surface area contributed by atoms with Crippen LogP contribution < -0.4 is 21.3 Å². The van der Waals surface area contributed by atoms with Gasteiger partial charge in [-0.3, -0.25) is 19.2 Å². The zero-order chi connectivity index (χ0) is 73.8. The lowest BCUT2D eigenvalue weighted by molar-refractivity contribution is -0.389. The average Bonchev–Trinajstić information content (AvgIpc) is 0.769. The van der Waals surface area contributed by atoms with Gasteiger partial charge < -0.3 is 200 Å². The fraction of sp³-hybridized carbons (Fsp3) is 0.929. The number of carbonyl (C=O) groups is 4.